The van der Waals surface area contributed by atoms with Gasteiger partial charge in [0.1, 0.15) is 11.5 Å². The van der Waals surface area contributed by atoms with E-state index in [1.165, 1.54) is 12.4 Å². The molecule has 3 aromatic rings. The number of nitrogens with one attached hydrogen (secondary N) is 2. The molecule has 3 rings (SSSR count). The van der Waals surface area contributed by atoms with Crippen LogP contribution in [0.15, 0.2) is 54.9 Å². The third kappa shape index (κ3) is 4.34. The van der Waals surface area contributed by atoms with Gasteiger partial charge in [0.15, 0.2) is 0 Å². The maximum absolute atomic E-state index is 12.3. The fourth-order valence-corrected chi connectivity index (χ4v) is 2.40. The Morgan fingerprint density at radius 3 is 2.54 bits per heavy atom. The highest BCUT2D eigenvalue weighted by Crippen LogP contribution is 2.30. The zero-order valence-corrected chi connectivity index (χ0v) is 15.3. The number of hydrogen-bond donors (Lipinski definition) is 2. The summed E-state index contributed by atoms with van der Waals surface area (Å²) in [5.41, 5.74) is 1.93. The highest BCUT2D eigenvalue weighted by molar-refractivity contribution is 6.04. The highest BCUT2D eigenvalue weighted by atomic mass is 16.5. The van der Waals surface area contributed by atoms with Crippen LogP contribution in [0.4, 0.5) is 17.3 Å². The summed E-state index contributed by atoms with van der Waals surface area (Å²) >= 11 is 0. The Kier molecular flexibility index (Phi) is 5.67. The zero-order valence-electron chi connectivity index (χ0n) is 15.3. The van der Waals surface area contributed by atoms with Crippen molar-refractivity contribution in [3.05, 3.63) is 66.0 Å². The molecule has 28 heavy (non-hydrogen) atoms. The third-order valence-electron chi connectivity index (χ3n) is 3.82. The van der Waals surface area contributed by atoms with Crippen LogP contribution in [0.3, 0.4) is 0 Å². The number of benzene rings is 2. The molecule has 1 amide bonds. The van der Waals surface area contributed by atoms with Gasteiger partial charge in [-0.2, -0.15) is 5.26 Å². The van der Waals surface area contributed by atoms with Gasteiger partial charge >= 0.3 is 0 Å². The summed E-state index contributed by atoms with van der Waals surface area (Å²) in [6.07, 6.45) is 2.82. The molecule has 8 heteroatoms. The summed E-state index contributed by atoms with van der Waals surface area (Å²) in [6, 6.07) is 14.0. The Morgan fingerprint density at radius 1 is 1.07 bits per heavy atom. The van der Waals surface area contributed by atoms with E-state index in [9.17, 15) is 4.79 Å². The topological polar surface area (TPSA) is 109 Å². The van der Waals surface area contributed by atoms with Crippen LogP contribution in [0.5, 0.6) is 11.5 Å². The number of aromatic nitrogens is 2. The first-order chi connectivity index (χ1) is 13.6. The second-order valence-corrected chi connectivity index (χ2v) is 5.63. The molecule has 0 atom stereocenters. The van der Waals surface area contributed by atoms with E-state index in [1.807, 2.05) is 6.07 Å². The number of nitrogens with zero attached hydrogens (tertiary/aromatic N) is 3. The predicted octanol–water partition coefficient (Wildman–Crippen LogP) is 3.36. The number of anilines is 3. The van der Waals surface area contributed by atoms with Gasteiger partial charge in [0.05, 0.1) is 37.1 Å². The number of amides is 1. The molecule has 0 aliphatic heterocycles. The quantitative estimate of drug-likeness (QED) is 0.680. The van der Waals surface area contributed by atoms with Crippen molar-refractivity contribution in [3.63, 3.8) is 0 Å². The molecule has 8 nitrogen and oxygen atoms in total. The molecular formula is C20H17N5O3. The third-order valence-corrected chi connectivity index (χ3v) is 3.82. The van der Waals surface area contributed by atoms with Crippen molar-refractivity contribution in [2.24, 2.45) is 0 Å². The molecule has 0 fully saturated rings. The molecule has 140 valence electrons. The van der Waals surface area contributed by atoms with Gasteiger partial charge in [0.2, 0.25) is 5.95 Å². The summed E-state index contributed by atoms with van der Waals surface area (Å²) in [5.74, 6) is 1.17. The number of rotatable bonds is 6. The predicted molar refractivity (Wildman–Crippen MR) is 104 cm³/mol. The number of ether oxygens (including phenoxy) is 2. The molecule has 0 saturated carbocycles. The molecule has 0 aliphatic rings. The molecule has 0 saturated heterocycles. The minimum atomic E-state index is -0.372. The largest absolute Gasteiger partial charge is 0.497 e. The molecular weight excluding hydrogens is 358 g/mol. The summed E-state index contributed by atoms with van der Waals surface area (Å²) in [6.45, 7) is 0. The van der Waals surface area contributed by atoms with Crippen molar-refractivity contribution in [1.82, 2.24) is 9.97 Å². The fourth-order valence-electron chi connectivity index (χ4n) is 2.40. The summed E-state index contributed by atoms with van der Waals surface area (Å²) in [4.78, 5) is 20.7. The van der Waals surface area contributed by atoms with Crippen LogP contribution >= 0.6 is 0 Å². The van der Waals surface area contributed by atoms with Crippen molar-refractivity contribution in [2.75, 3.05) is 24.9 Å². The number of hydrogen-bond acceptors (Lipinski definition) is 7. The van der Waals surface area contributed by atoms with Crippen molar-refractivity contribution < 1.29 is 14.3 Å². The lowest BCUT2D eigenvalue weighted by Gasteiger charge is -2.11. The van der Waals surface area contributed by atoms with E-state index in [-0.39, 0.29) is 11.5 Å². The van der Waals surface area contributed by atoms with Crippen LogP contribution in [0.2, 0.25) is 0 Å². The summed E-state index contributed by atoms with van der Waals surface area (Å²) < 4.78 is 10.5. The Bertz CT molecular complexity index is 1030. The first-order valence-corrected chi connectivity index (χ1v) is 8.25. The molecule has 0 spiro atoms. The number of methoxy groups -OCH3 is 2. The monoisotopic (exact) mass is 375 g/mol. The van der Waals surface area contributed by atoms with Crippen molar-refractivity contribution in [2.45, 2.75) is 0 Å². The Hall–Kier alpha value is -4.12. The van der Waals surface area contributed by atoms with Crippen LogP contribution in [0.25, 0.3) is 0 Å². The van der Waals surface area contributed by atoms with Gasteiger partial charge in [-0.25, -0.2) is 9.97 Å². The van der Waals surface area contributed by atoms with Crippen LogP contribution < -0.4 is 20.1 Å². The average Bonchev–Trinajstić information content (AvgIpc) is 2.74. The lowest BCUT2D eigenvalue weighted by molar-refractivity contribution is 0.102. The SMILES string of the molecule is COc1ccc(Nc2ncc(C(=O)Nc3cccc(C#N)c3)cn2)c(OC)c1. The number of carbonyl (C=O) groups is 1. The van der Waals surface area contributed by atoms with E-state index >= 15 is 0 Å². The molecule has 0 aliphatic carbocycles. The van der Waals surface area contributed by atoms with Crippen LogP contribution in [-0.4, -0.2) is 30.1 Å². The molecule has 0 unspecified atom stereocenters. The van der Waals surface area contributed by atoms with Gasteiger partial charge in [-0.1, -0.05) is 6.07 Å². The second-order valence-electron chi connectivity index (χ2n) is 5.63. The zero-order chi connectivity index (χ0) is 19.9. The van der Waals surface area contributed by atoms with E-state index in [2.05, 4.69) is 20.6 Å². The van der Waals surface area contributed by atoms with Gasteiger partial charge in [0.25, 0.3) is 5.91 Å². The van der Waals surface area contributed by atoms with Crippen molar-refractivity contribution in [3.8, 4) is 17.6 Å². The van der Waals surface area contributed by atoms with Crippen LogP contribution in [-0.2, 0) is 0 Å². The summed E-state index contributed by atoms with van der Waals surface area (Å²) in [7, 11) is 3.13. The average molecular weight is 375 g/mol. The first-order valence-electron chi connectivity index (χ1n) is 8.25. The van der Waals surface area contributed by atoms with E-state index < -0.39 is 0 Å². The van der Waals surface area contributed by atoms with Crippen LogP contribution in [0, 0.1) is 11.3 Å². The smallest absolute Gasteiger partial charge is 0.258 e. The van der Waals surface area contributed by atoms with Gasteiger partial charge in [0, 0.05) is 24.1 Å². The van der Waals surface area contributed by atoms with E-state index in [1.54, 1.807) is 56.7 Å². The minimum Gasteiger partial charge on any atom is -0.497 e. The summed E-state index contributed by atoms with van der Waals surface area (Å²) in [5, 5.41) is 14.7. The molecule has 1 heterocycles. The second kappa shape index (κ2) is 8.51. The molecule has 0 radical (unpaired) electrons. The number of nitriles is 1. The molecule has 2 N–H and O–H groups in total. The van der Waals surface area contributed by atoms with Gasteiger partial charge in [-0.15, -0.1) is 0 Å². The van der Waals surface area contributed by atoms with Crippen LogP contribution in [0.1, 0.15) is 15.9 Å². The van der Waals surface area contributed by atoms with Crippen molar-refractivity contribution >= 4 is 23.2 Å². The Balaban J connectivity index is 1.71. The maximum Gasteiger partial charge on any atom is 0.258 e. The first kappa shape index (κ1) is 18.7. The van der Waals surface area contributed by atoms with Crippen molar-refractivity contribution in [1.29, 1.82) is 5.26 Å². The minimum absolute atomic E-state index is 0.287. The standard InChI is InChI=1S/C20H17N5O3/c1-27-16-6-7-17(18(9-16)28-2)25-20-22-11-14(12-23-20)19(26)24-15-5-3-4-13(8-15)10-21/h3-9,11-12H,1-2H3,(H,24,26)(H,22,23,25). The van der Waals surface area contributed by atoms with E-state index in [0.29, 0.717) is 34.4 Å². The highest BCUT2D eigenvalue weighted by Gasteiger charge is 2.10. The Labute approximate surface area is 161 Å². The van der Waals surface area contributed by atoms with Gasteiger partial charge in [-0.3, -0.25) is 4.79 Å². The number of carbonyl (C=O) groups excluding carboxylic acids is 1. The molecule has 2 aromatic carbocycles. The van der Waals surface area contributed by atoms with E-state index in [4.69, 9.17) is 14.7 Å². The maximum atomic E-state index is 12.3. The molecule has 0 bridgehead atoms. The van der Waals surface area contributed by atoms with E-state index in [0.717, 1.165) is 0 Å². The molecule has 1 aromatic heterocycles. The van der Waals surface area contributed by atoms with Gasteiger partial charge in [-0.05, 0) is 30.3 Å². The normalized spacial score (nSPS) is 9.89. The van der Waals surface area contributed by atoms with Gasteiger partial charge < -0.3 is 20.1 Å². The fraction of sp³-hybridized carbons (Fsp3) is 0.100. The Morgan fingerprint density at radius 2 is 1.86 bits per heavy atom. The lowest BCUT2D eigenvalue weighted by Crippen LogP contribution is -2.13. The lowest BCUT2D eigenvalue weighted by atomic mass is 10.2.